The first kappa shape index (κ1) is 51.0. The Morgan fingerprint density at radius 3 is 0.409 bits per heavy atom. The van der Waals surface area contributed by atoms with Crippen molar-refractivity contribution in [2.45, 2.75) is 154 Å². The smallest absolute Gasteiger partial charge is 0.0905 e. The Labute approximate surface area is 280 Å². The van der Waals surface area contributed by atoms with Gasteiger partial charge in [0.15, 0.2) is 0 Å². The van der Waals surface area contributed by atoms with E-state index in [0.29, 0.717) is 35.0 Å². The van der Waals surface area contributed by atoms with Crippen molar-refractivity contribution in [3.8, 4) is 0 Å². The summed E-state index contributed by atoms with van der Waals surface area (Å²) in [6.07, 6.45) is 24.7. The Morgan fingerprint density at radius 1 is 0.227 bits per heavy atom. The topological polar surface area (TPSA) is 299 Å². The second-order valence-corrected chi connectivity index (χ2v) is 11.0. The average molecular weight is 668 g/mol. The van der Waals surface area contributed by atoms with Gasteiger partial charge in [0, 0.05) is 38.5 Å². The Morgan fingerprint density at radius 2 is 0.318 bits per heavy atom. The van der Waals surface area contributed by atoms with Gasteiger partial charge in [-0.3, -0.25) is 32.5 Å². The number of unbranched alkanes of at least 4 members (excludes halogenated alkanes) is 15. The first-order valence-corrected chi connectivity index (χ1v) is 15.9. The molecule has 12 nitrogen and oxygen atoms in total. The summed E-state index contributed by atoms with van der Waals surface area (Å²) in [6, 6.07) is 0. The molecule has 0 aromatic heterocycles. The first-order valence-electron chi connectivity index (χ1n) is 15.9. The van der Waals surface area contributed by atoms with E-state index in [1.54, 1.807) is 0 Å². The second-order valence-electron chi connectivity index (χ2n) is 11.0. The van der Waals surface area contributed by atoms with E-state index in [2.05, 4.69) is 0 Å². The van der Waals surface area contributed by atoms with Crippen LogP contribution in [0.5, 0.6) is 0 Å². The third-order valence-electron chi connectivity index (χ3n) is 6.43. The average Bonchev–Trinajstić information content (AvgIpc) is 2.88. The van der Waals surface area contributed by atoms with Crippen molar-refractivity contribution in [1.29, 1.82) is 32.5 Å². The summed E-state index contributed by atoms with van der Waals surface area (Å²) in [4.78, 5) is 0. The van der Waals surface area contributed by atoms with E-state index in [0.717, 1.165) is 116 Å². The fourth-order valence-electron chi connectivity index (χ4n) is 4.01. The number of rotatable bonds is 27. The molecule has 0 fully saturated rings. The minimum atomic E-state index is 0. The third-order valence-corrected chi connectivity index (χ3v) is 6.43. The maximum absolute atomic E-state index is 7.03. The predicted octanol–water partition coefficient (Wildman–Crippen LogP) is 6.78. The van der Waals surface area contributed by atoms with Crippen molar-refractivity contribution >= 4 is 59.8 Å². The van der Waals surface area contributed by atoms with Gasteiger partial charge >= 0.3 is 0 Å². The van der Waals surface area contributed by atoms with Gasteiger partial charge in [0.2, 0.25) is 0 Å². The molecule has 0 saturated heterocycles. The Kier molecular flexibility index (Phi) is 46.8. The van der Waals surface area contributed by atoms with Gasteiger partial charge in [-0.1, -0.05) is 77.0 Å². The minimum absolute atomic E-state index is 0. The zero-order chi connectivity index (χ0) is 32.4. The van der Waals surface area contributed by atoms with Gasteiger partial charge in [-0.25, -0.2) is 0 Å². The van der Waals surface area contributed by atoms with Crippen molar-refractivity contribution in [1.82, 2.24) is 0 Å². The third kappa shape index (κ3) is 62.9. The van der Waals surface area contributed by atoms with Crippen molar-refractivity contribution < 1.29 is 0 Å². The number of hydrogen-bond donors (Lipinski definition) is 12. The van der Waals surface area contributed by atoms with E-state index in [4.69, 9.17) is 66.9 Å². The molecule has 0 aliphatic carbocycles. The zero-order valence-corrected chi connectivity index (χ0v) is 28.9. The lowest BCUT2D eigenvalue weighted by atomic mass is 10.1. The first-order chi connectivity index (χ1) is 19.9. The van der Waals surface area contributed by atoms with Crippen LogP contribution in [0, 0.1) is 32.5 Å². The van der Waals surface area contributed by atoms with Crippen molar-refractivity contribution in [2.24, 2.45) is 34.4 Å². The molecular weight excluding hydrogens is 599 g/mol. The quantitative estimate of drug-likeness (QED) is 0.0254. The molecule has 0 heterocycles. The van der Waals surface area contributed by atoms with Crippen LogP contribution in [0.2, 0.25) is 0 Å². The summed E-state index contributed by atoms with van der Waals surface area (Å²) >= 11 is 0. The summed E-state index contributed by atoms with van der Waals surface area (Å²) in [5.41, 5.74) is 31.4. The van der Waals surface area contributed by atoms with E-state index in [1.807, 2.05) is 0 Å². The van der Waals surface area contributed by atoms with Crippen LogP contribution >= 0.6 is 24.8 Å². The normalized spacial score (nSPS) is 9.55. The molecule has 14 heteroatoms. The molecule has 18 N–H and O–H groups in total. The van der Waals surface area contributed by atoms with Crippen molar-refractivity contribution in [3.05, 3.63) is 0 Å². The molecule has 0 aliphatic rings. The van der Waals surface area contributed by atoms with Gasteiger partial charge in [-0.2, -0.15) is 0 Å². The summed E-state index contributed by atoms with van der Waals surface area (Å²) < 4.78 is 0. The Balaban J connectivity index is -0.000000169. The zero-order valence-electron chi connectivity index (χ0n) is 27.3. The Bertz CT molecular complexity index is 578. The van der Waals surface area contributed by atoms with Gasteiger partial charge in [0.1, 0.15) is 0 Å². The lowest BCUT2D eigenvalue weighted by Gasteiger charge is -2.01. The molecule has 0 saturated carbocycles. The number of halogens is 2. The van der Waals surface area contributed by atoms with Crippen LogP contribution < -0.4 is 34.4 Å². The standard InChI is InChI=1S/3C10H22N4.2ClH/c3*11-9(12)7-5-3-1-2-4-6-8-10(13)14;;/h3*1-8H2,(H3,11,12)(H3,13,14);2*1H. The van der Waals surface area contributed by atoms with E-state index in [9.17, 15) is 0 Å². The molecule has 0 aromatic carbocycles. The highest BCUT2D eigenvalue weighted by Crippen LogP contribution is 2.10. The lowest BCUT2D eigenvalue weighted by molar-refractivity contribution is 0.606. The highest BCUT2D eigenvalue weighted by molar-refractivity contribution is 5.85. The summed E-state index contributed by atoms with van der Waals surface area (Å²) in [7, 11) is 0. The van der Waals surface area contributed by atoms with Gasteiger partial charge in [0.25, 0.3) is 0 Å². The molecule has 0 atom stereocenters. The van der Waals surface area contributed by atoms with Gasteiger partial charge in [-0.05, 0) is 38.5 Å². The summed E-state index contributed by atoms with van der Waals surface area (Å²) in [5.74, 6) is 1.76. The monoisotopic (exact) mass is 667 g/mol. The van der Waals surface area contributed by atoms with Crippen LogP contribution in [0.15, 0.2) is 0 Å². The number of nitrogens with one attached hydrogen (secondary N) is 6. The molecule has 0 spiro atoms. The van der Waals surface area contributed by atoms with Gasteiger partial charge in [0.05, 0.1) is 35.0 Å². The van der Waals surface area contributed by atoms with Gasteiger partial charge < -0.3 is 34.4 Å². The SMILES string of the molecule is Cl.Cl.N=C(N)CCCCCCCCC(=N)N.N=C(N)CCCCCCCCC(=N)N.N=C(N)CCCCCCCCC(=N)N. The molecule has 0 radical (unpaired) electrons. The summed E-state index contributed by atoms with van der Waals surface area (Å²) in [6.45, 7) is 0. The predicted molar refractivity (Wildman–Crippen MR) is 197 cm³/mol. The highest BCUT2D eigenvalue weighted by atomic mass is 35.5. The van der Waals surface area contributed by atoms with E-state index < -0.39 is 0 Å². The molecule has 44 heavy (non-hydrogen) atoms. The van der Waals surface area contributed by atoms with E-state index in [1.165, 1.54) is 38.5 Å². The van der Waals surface area contributed by atoms with Crippen LogP contribution in [0.25, 0.3) is 0 Å². The van der Waals surface area contributed by atoms with Crippen LogP contribution in [0.4, 0.5) is 0 Å². The fourth-order valence-corrected chi connectivity index (χ4v) is 4.01. The molecule has 0 aliphatic heterocycles. The molecule has 0 amide bonds. The van der Waals surface area contributed by atoms with Crippen LogP contribution in [-0.4, -0.2) is 35.0 Å². The molecule has 0 rings (SSSR count). The fraction of sp³-hybridized carbons (Fsp3) is 0.800. The number of hydrogen-bond acceptors (Lipinski definition) is 6. The highest BCUT2D eigenvalue weighted by Gasteiger charge is 1.96. The van der Waals surface area contributed by atoms with Crippen LogP contribution in [0.3, 0.4) is 0 Å². The molecular formula is C30H68Cl2N12. The van der Waals surface area contributed by atoms with E-state index in [-0.39, 0.29) is 24.8 Å². The Hall–Kier alpha value is -2.60. The molecule has 0 unspecified atom stereocenters. The number of amidine groups is 6. The largest absolute Gasteiger partial charge is 0.388 e. The summed E-state index contributed by atoms with van der Waals surface area (Å²) in [5, 5.41) is 42.2. The van der Waals surface area contributed by atoms with Crippen molar-refractivity contribution in [2.75, 3.05) is 0 Å². The lowest BCUT2D eigenvalue weighted by Crippen LogP contribution is -2.08. The second kappa shape index (κ2) is 40.4. The molecule has 0 aromatic rings. The van der Waals surface area contributed by atoms with Crippen LogP contribution in [-0.2, 0) is 0 Å². The van der Waals surface area contributed by atoms with Crippen LogP contribution in [0.1, 0.15) is 154 Å². The van der Waals surface area contributed by atoms with E-state index >= 15 is 0 Å². The van der Waals surface area contributed by atoms with Crippen molar-refractivity contribution in [3.63, 3.8) is 0 Å². The molecule has 0 bridgehead atoms. The molecule has 262 valence electrons. The number of nitrogens with two attached hydrogens (primary N) is 6. The maximum atomic E-state index is 7.03. The minimum Gasteiger partial charge on any atom is -0.388 e. The van der Waals surface area contributed by atoms with Gasteiger partial charge in [-0.15, -0.1) is 24.8 Å². The maximum Gasteiger partial charge on any atom is 0.0905 e.